The number of ether oxygens (including phenoxy) is 4. The van der Waals surface area contributed by atoms with Crippen LogP contribution in [-0.4, -0.2) is 104 Å². The van der Waals surface area contributed by atoms with Gasteiger partial charge in [0.2, 0.25) is 0 Å². The van der Waals surface area contributed by atoms with Crippen LogP contribution >= 0.6 is 0 Å². The molecule has 0 radical (unpaired) electrons. The first-order chi connectivity index (χ1) is 24.3. The van der Waals surface area contributed by atoms with Gasteiger partial charge in [0.15, 0.2) is 11.6 Å². The van der Waals surface area contributed by atoms with Gasteiger partial charge in [-0.15, -0.1) is 10.2 Å². The molecule has 1 atom stereocenters. The molecule has 5 rings (SSSR count). The van der Waals surface area contributed by atoms with E-state index in [1.54, 1.807) is 25.1 Å². The maximum absolute atomic E-state index is 12.3. The minimum absolute atomic E-state index is 0.0121. The van der Waals surface area contributed by atoms with Gasteiger partial charge in [0, 0.05) is 31.3 Å². The van der Waals surface area contributed by atoms with Gasteiger partial charge in [-0.1, -0.05) is 26.0 Å². The average molecular weight is 695 g/mol. The highest BCUT2D eigenvalue weighted by atomic mass is 16.6. The Kier molecular flexibility index (Phi) is 13.7. The number of para-hydroxylation sites is 1. The van der Waals surface area contributed by atoms with E-state index in [2.05, 4.69) is 25.2 Å². The van der Waals surface area contributed by atoms with E-state index in [9.17, 15) is 9.90 Å². The number of aromatic hydroxyl groups is 1. The molecular weight excluding hydrogens is 640 g/mol. The first-order valence-corrected chi connectivity index (χ1v) is 18.1. The molecule has 0 amide bonds. The van der Waals surface area contributed by atoms with Gasteiger partial charge in [-0.2, -0.15) is 0 Å². The highest BCUT2D eigenvalue weighted by molar-refractivity contribution is 5.77. The van der Waals surface area contributed by atoms with Crippen molar-refractivity contribution in [2.45, 2.75) is 65.2 Å². The molecule has 13 nitrogen and oxygen atoms in total. The summed E-state index contributed by atoms with van der Waals surface area (Å²) in [7, 11) is 0. The van der Waals surface area contributed by atoms with Crippen molar-refractivity contribution >= 4 is 17.5 Å². The monoisotopic (exact) mass is 694 g/mol. The molecule has 3 N–H and O–H groups in total. The number of phenolic OH excluding ortho intramolecular Hbond substituents is 1. The zero-order valence-corrected chi connectivity index (χ0v) is 29.8. The number of aromatic nitrogens is 3. The van der Waals surface area contributed by atoms with E-state index in [1.807, 2.05) is 32.0 Å². The first kappa shape index (κ1) is 37.3. The van der Waals surface area contributed by atoms with E-state index in [0.717, 1.165) is 70.7 Å². The number of phenols is 1. The Hall–Kier alpha value is -3.94. The lowest BCUT2D eigenvalue weighted by molar-refractivity contribution is -0.146. The van der Waals surface area contributed by atoms with E-state index in [4.69, 9.17) is 29.2 Å². The molecular formula is C37H54N6O7. The SMILES string of the molecule is CCOC(=O)C(c1cc(OCCOCCOCCCCN2CCC3(CC2)CCN(c2cc(-c4ccccc4O)nnc2N)CC3)no1)C(C)C. The molecule has 0 aliphatic carbocycles. The van der Waals surface area contributed by atoms with Gasteiger partial charge in [0.1, 0.15) is 18.3 Å². The van der Waals surface area contributed by atoms with Crippen LogP contribution < -0.4 is 15.4 Å². The number of carbonyl (C=O) groups excluding carboxylic acids is 1. The van der Waals surface area contributed by atoms with Gasteiger partial charge in [-0.3, -0.25) is 4.79 Å². The Labute approximate surface area is 295 Å². The van der Waals surface area contributed by atoms with E-state index in [-0.39, 0.29) is 17.6 Å². The number of hydrogen-bond donors (Lipinski definition) is 2. The number of anilines is 2. The molecule has 1 aromatic carbocycles. The molecule has 50 heavy (non-hydrogen) atoms. The number of nitrogens with zero attached hydrogens (tertiary/aromatic N) is 5. The van der Waals surface area contributed by atoms with Crippen molar-refractivity contribution in [3.8, 4) is 22.9 Å². The largest absolute Gasteiger partial charge is 0.507 e. The predicted octanol–water partition coefficient (Wildman–Crippen LogP) is 5.30. The minimum atomic E-state index is -0.513. The molecule has 3 aromatic rings. The third-order valence-corrected chi connectivity index (χ3v) is 9.95. The summed E-state index contributed by atoms with van der Waals surface area (Å²) in [6.07, 6.45) is 6.91. The number of nitrogen functional groups attached to an aromatic ring is 1. The summed E-state index contributed by atoms with van der Waals surface area (Å²) in [4.78, 5) is 17.2. The minimum Gasteiger partial charge on any atom is -0.507 e. The molecule has 2 saturated heterocycles. The summed E-state index contributed by atoms with van der Waals surface area (Å²) in [5, 5.41) is 22.7. The zero-order chi connectivity index (χ0) is 35.3. The first-order valence-electron chi connectivity index (χ1n) is 18.1. The maximum Gasteiger partial charge on any atom is 0.317 e. The number of unbranched alkanes of at least 4 members (excludes halogenated alkanes) is 1. The lowest BCUT2D eigenvalue weighted by Gasteiger charge is -2.47. The van der Waals surface area contributed by atoms with Crippen LogP contribution in [0, 0.1) is 11.3 Å². The maximum atomic E-state index is 12.3. The van der Waals surface area contributed by atoms with Crippen LogP contribution in [0.5, 0.6) is 11.6 Å². The predicted molar refractivity (Wildman–Crippen MR) is 190 cm³/mol. The van der Waals surface area contributed by atoms with Crippen LogP contribution in [0.4, 0.5) is 11.5 Å². The number of benzene rings is 1. The standard InChI is InChI=1S/C37H54N6O7/c1-4-48-36(45)34(27(2)3)32-26-33(41-50-32)49-24-23-47-22-21-46-20-8-7-15-42-16-11-37(12-17-42)13-18-43(19-14-37)30-25-29(39-40-35(30)38)28-9-5-6-10-31(28)44/h5-6,9-10,25-27,34,44H,4,7-8,11-24H2,1-3H3,(H2,38,40). The Balaban J connectivity index is 0.895. The number of carbonyl (C=O) groups is 1. The van der Waals surface area contributed by atoms with Crippen molar-refractivity contribution in [3.63, 3.8) is 0 Å². The number of esters is 1. The van der Waals surface area contributed by atoms with E-state index in [0.29, 0.717) is 67.2 Å². The lowest BCUT2D eigenvalue weighted by Crippen LogP contribution is -2.47. The molecule has 13 heteroatoms. The van der Waals surface area contributed by atoms with Gasteiger partial charge in [0.05, 0.1) is 37.8 Å². The van der Waals surface area contributed by atoms with E-state index < -0.39 is 5.92 Å². The number of rotatable bonds is 18. The van der Waals surface area contributed by atoms with Gasteiger partial charge in [0.25, 0.3) is 5.88 Å². The second-order valence-electron chi connectivity index (χ2n) is 13.7. The summed E-state index contributed by atoms with van der Waals surface area (Å²) in [6.45, 7) is 13.8. The van der Waals surface area contributed by atoms with Gasteiger partial charge < -0.3 is 44.1 Å². The fourth-order valence-corrected chi connectivity index (χ4v) is 6.94. The quantitative estimate of drug-likeness (QED) is 0.131. The Morgan fingerprint density at radius 3 is 2.38 bits per heavy atom. The summed E-state index contributed by atoms with van der Waals surface area (Å²) >= 11 is 0. The van der Waals surface area contributed by atoms with Crippen LogP contribution in [0.2, 0.25) is 0 Å². The number of nitrogens with two attached hydrogens (primary N) is 1. The summed E-state index contributed by atoms with van der Waals surface area (Å²) < 4.78 is 27.5. The summed E-state index contributed by atoms with van der Waals surface area (Å²) in [5.41, 5.74) is 8.86. The Morgan fingerprint density at radius 1 is 0.960 bits per heavy atom. The fourth-order valence-electron chi connectivity index (χ4n) is 6.94. The van der Waals surface area contributed by atoms with Gasteiger partial charge in [-0.05, 0) is 99.8 Å². The molecule has 4 heterocycles. The topological polar surface area (TPSA) is 159 Å². The van der Waals surface area contributed by atoms with Crippen molar-refractivity contribution in [3.05, 3.63) is 42.2 Å². The lowest BCUT2D eigenvalue weighted by atomic mass is 9.71. The molecule has 1 spiro atoms. The normalized spacial score (nSPS) is 16.9. The average Bonchev–Trinajstić information content (AvgIpc) is 3.57. The molecule has 2 aromatic heterocycles. The Bertz CT molecular complexity index is 1480. The second-order valence-corrected chi connectivity index (χ2v) is 13.7. The van der Waals surface area contributed by atoms with Crippen LogP contribution in [0.1, 0.15) is 71.0 Å². The highest BCUT2D eigenvalue weighted by Crippen LogP contribution is 2.43. The van der Waals surface area contributed by atoms with Crippen molar-refractivity contribution in [1.82, 2.24) is 20.3 Å². The third kappa shape index (κ3) is 10.1. The van der Waals surface area contributed by atoms with Gasteiger partial charge >= 0.3 is 5.97 Å². The van der Waals surface area contributed by atoms with Crippen molar-refractivity contribution in [2.75, 3.05) is 83.0 Å². The summed E-state index contributed by atoms with van der Waals surface area (Å²) in [6, 6.07) is 10.8. The van der Waals surface area contributed by atoms with E-state index in [1.165, 1.54) is 12.8 Å². The van der Waals surface area contributed by atoms with Crippen LogP contribution in [0.3, 0.4) is 0 Å². The molecule has 2 aliphatic heterocycles. The zero-order valence-electron chi connectivity index (χ0n) is 29.8. The smallest absolute Gasteiger partial charge is 0.317 e. The number of hydrogen-bond acceptors (Lipinski definition) is 13. The van der Waals surface area contributed by atoms with Crippen molar-refractivity contribution in [1.29, 1.82) is 0 Å². The van der Waals surface area contributed by atoms with Crippen LogP contribution in [0.25, 0.3) is 11.3 Å². The van der Waals surface area contributed by atoms with Crippen molar-refractivity contribution in [2.24, 2.45) is 11.3 Å². The molecule has 274 valence electrons. The number of piperidine rings is 2. The molecule has 0 bridgehead atoms. The second kappa shape index (κ2) is 18.3. The highest BCUT2D eigenvalue weighted by Gasteiger charge is 2.38. The van der Waals surface area contributed by atoms with Gasteiger partial charge in [-0.25, -0.2) is 0 Å². The summed E-state index contributed by atoms with van der Waals surface area (Å²) in [5.74, 6) is 0.568. The van der Waals surface area contributed by atoms with Crippen LogP contribution in [-0.2, 0) is 19.0 Å². The van der Waals surface area contributed by atoms with Crippen molar-refractivity contribution < 1.29 is 33.4 Å². The molecule has 2 fully saturated rings. The fraction of sp³-hybridized carbons (Fsp3) is 0.622. The molecule has 2 aliphatic rings. The third-order valence-electron chi connectivity index (χ3n) is 9.95. The molecule has 1 unspecified atom stereocenters. The van der Waals surface area contributed by atoms with Crippen LogP contribution in [0.15, 0.2) is 40.9 Å². The number of likely N-dealkylation sites (tertiary alicyclic amines) is 1. The molecule has 0 saturated carbocycles. The Morgan fingerprint density at radius 2 is 1.66 bits per heavy atom. The van der Waals surface area contributed by atoms with E-state index >= 15 is 0 Å².